The molecule has 4 heteroatoms. The summed E-state index contributed by atoms with van der Waals surface area (Å²) >= 11 is 0. The molecule has 2 aliphatic rings. The van der Waals surface area contributed by atoms with E-state index in [4.69, 9.17) is 4.74 Å². The summed E-state index contributed by atoms with van der Waals surface area (Å²) in [5, 5.41) is 9.80. The van der Waals surface area contributed by atoms with Gasteiger partial charge in [0, 0.05) is 18.7 Å². The molecule has 0 saturated carbocycles. The summed E-state index contributed by atoms with van der Waals surface area (Å²) in [4.78, 5) is 6.66. The van der Waals surface area contributed by atoms with E-state index < -0.39 is 6.10 Å². The highest BCUT2D eigenvalue weighted by Gasteiger charge is 2.31. The summed E-state index contributed by atoms with van der Waals surface area (Å²) < 4.78 is 5.29. The third kappa shape index (κ3) is 1.30. The fourth-order valence-electron chi connectivity index (χ4n) is 2.34. The van der Waals surface area contributed by atoms with Crippen molar-refractivity contribution >= 4 is 11.5 Å². The van der Waals surface area contributed by atoms with Crippen molar-refractivity contribution < 1.29 is 9.84 Å². The number of aliphatic imine (C=N–C) groups is 1. The van der Waals surface area contributed by atoms with Crippen LogP contribution in [-0.2, 0) is 6.54 Å². The van der Waals surface area contributed by atoms with Crippen LogP contribution in [0.15, 0.2) is 23.2 Å². The van der Waals surface area contributed by atoms with Crippen molar-refractivity contribution in [1.29, 1.82) is 0 Å². The van der Waals surface area contributed by atoms with E-state index in [1.54, 1.807) is 7.11 Å². The summed E-state index contributed by atoms with van der Waals surface area (Å²) in [5.74, 6) is 1.57. The smallest absolute Gasteiger partial charge is 0.144 e. The third-order valence-electron chi connectivity index (χ3n) is 3.18. The molecule has 1 fully saturated rings. The largest absolute Gasteiger partial charge is 0.494 e. The van der Waals surface area contributed by atoms with E-state index in [0.29, 0.717) is 0 Å². The molecule has 1 atom stereocenters. The summed E-state index contributed by atoms with van der Waals surface area (Å²) in [6.07, 6.45) is 0.354. The first-order valence-corrected chi connectivity index (χ1v) is 5.47. The lowest BCUT2D eigenvalue weighted by atomic mass is 10.1. The second kappa shape index (κ2) is 3.49. The number of nitrogens with zero attached hydrogens (tertiary/aromatic N) is 2. The Labute approximate surface area is 94.2 Å². The summed E-state index contributed by atoms with van der Waals surface area (Å²) in [7, 11) is 1.65. The van der Waals surface area contributed by atoms with Crippen LogP contribution in [0, 0.1) is 0 Å². The lowest BCUT2D eigenvalue weighted by molar-refractivity contribution is 0.245. The lowest BCUT2D eigenvalue weighted by Crippen LogP contribution is -2.31. The highest BCUT2D eigenvalue weighted by Crippen LogP contribution is 2.37. The molecule has 2 aliphatic heterocycles. The first-order chi connectivity index (χ1) is 7.79. The number of benzene rings is 1. The van der Waals surface area contributed by atoms with Gasteiger partial charge < -0.3 is 14.7 Å². The molecular weight excluding hydrogens is 204 g/mol. The maximum absolute atomic E-state index is 9.80. The van der Waals surface area contributed by atoms with Crippen LogP contribution in [-0.4, -0.2) is 35.6 Å². The highest BCUT2D eigenvalue weighted by molar-refractivity contribution is 5.93. The second-order valence-corrected chi connectivity index (χ2v) is 4.16. The van der Waals surface area contributed by atoms with E-state index in [9.17, 15) is 5.11 Å². The molecule has 1 saturated heterocycles. The van der Waals surface area contributed by atoms with Crippen LogP contribution in [0.4, 0.5) is 5.69 Å². The van der Waals surface area contributed by atoms with Crippen LogP contribution in [0.5, 0.6) is 5.75 Å². The van der Waals surface area contributed by atoms with Gasteiger partial charge >= 0.3 is 0 Å². The average Bonchev–Trinajstić information content (AvgIpc) is 2.67. The first-order valence-electron chi connectivity index (χ1n) is 5.47. The van der Waals surface area contributed by atoms with Crippen molar-refractivity contribution in [1.82, 2.24) is 4.90 Å². The Morgan fingerprint density at radius 3 is 3.19 bits per heavy atom. The Morgan fingerprint density at radius 1 is 1.50 bits per heavy atom. The number of ether oxygens (including phenoxy) is 1. The Hall–Kier alpha value is -1.55. The minimum atomic E-state index is -0.418. The van der Waals surface area contributed by atoms with Gasteiger partial charge in [0.15, 0.2) is 0 Å². The van der Waals surface area contributed by atoms with Gasteiger partial charge in [0.05, 0.1) is 7.11 Å². The Balaban J connectivity index is 2.11. The molecule has 0 bridgehead atoms. The molecule has 1 aromatic carbocycles. The van der Waals surface area contributed by atoms with E-state index in [-0.39, 0.29) is 0 Å². The van der Waals surface area contributed by atoms with E-state index in [0.717, 1.165) is 42.3 Å². The molecule has 4 nitrogen and oxygen atoms in total. The predicted molar refractivity (Wildman–Crippen MR) is 61.1 cm³/mol. The Morgan fingerprint density at radius 2 is 2.38 bits per heavy atom. The van der Waals surface area contributed by atoms with Crippen molar-refractivity contribution in [3.63, 3.8) is 0 Å². The minimum Gasteiger partial charge on any atom is -0.494 e. The summed E-state index contributed by atoms with van der Waals surface area (Å²) in [5.41, 5.74) is 2.04. The molecule has 0 radical (unpaired) electrons. The summed E-state index contributed by atoms with van der Waals surface area (Å²) in [6, 6.07) is 5.94. The number of aliphatic hydroxyl groups excluding tert-OH is 1. The van der Waals surface area contributed by atoms with Gasteiger partial charge in [-0.05, 0) is 12.5 Å². The fraction of sp³-hybridized carbons (Fsp3) is 0.417. The number of aliphatic hydroxyl groups is 1. The maximum Gasteiger partial charge on any atom is 0.144 e. The topological polar surface area (TPSA) is 45.1 Å². The van der Waals surface area contributed by atoms with Crippen molar-refractivity contribution in [2.24, 2.45) is 4.99 Å². The Kier molecular flexibility index (Phi) is 2.11. The van der Waals surface area contributed by atoms with E-state index in [2.05, 4.69) is 16.0 Å². The van der Waals surface area contributed by atoms with Crippen LogP contribution in [0.25, 0.3) is 0 Å². The number of rotatable bonds is 1. The number of methoxy groups -OCH3 is 1. The molecule has 0 aliphatic carbocycles. The van der Waals surface area contributed by atoms with Crippen LogP contribution in [0.2, 0.25) is 0 Å². The van der Waals surface area contributed by atoms with Crippen LogP contribution in [0.3, 0.4) is 0 Å². The zero-order valence-electron chi connectivity index (χ0n) is 9.18. The standard InChI is InChI=1S/C12H14N2O2/c1-16-10-4-2-3-8-7-14-6-5-9(15)12(14)13-11(8)10/h2-4,9,15H,5-7H2,1H3/t9-/m1/s1. The number of hydrogen-bond acceptors (Lipinski definition) is 4. The average molecular weight is 218 g/mol. The normalized spacial score (nSPS) is 22.5. The first kappa shape index (κ1) is 9.66. The van der Waals surface area contributed by atoms with Crippen LogP contribution < -0.4 is 4.74 Å². The minimum absolute atomic E-state index is 0.418. The number of para-hydroxylation sites is 1. The van der Waals surface area contributed by atoms with Crippen molar-refractivity contribution in [3.05, 3.63) is 23.8 Å². The molecule has 0 unspecified atom stereocenters. The van der Waals surface area contributed by atoms with Gasteiger partial charge in [-0.15, -0.1) is 0 Å². The molecule has 0 spiro atoms. The monoisotopic (exact) mass is 218 g/mol. The Bertz CT molecular complexity index is 456. The quantitative estimate of drug-likeness (QED) is 0.773. The molecule has 0 aromatic heterocycles. The molecule has 1 N–H and O–H groups in total. The van der Waals surface area contributed by atoms with Gasteiger partial charge in [-0.3, -0.25) is 0 Å². The van der Waals surface area contributed by atoms with Crippen LogP contribution >= 0.6 is 0 Å². The van der Waals surface area contributed by atoms with Gasteiger partial charge in [-0.1, -0.05) is 12.1 Å². The van der Waals surface area contributed by atoms with E-state index in [1.807, 2.05) is 12.1 Å². The molecule has 16 heavy (non-hydrogen) atoms. The zero-order chi connectivity index (χ0) is 11.1. The van der Waals surface area contributed by atoms with Crippen molar-refractivity contribution in [3.8, 4) is 5.75 Å². The van der Waals surface area contributed by atoms with Crippen molar-refractivity contribution in [2.75, 3.05) is 13.7 Å². The molecule has 0 amide bonds. The van der Waals surface area contributed by atoms with Crippen LogP contribution in [0.1, 0.15) is 12.0 Å². The highest BCUT2D eigenvalue weighted by atomic mass is 16.5. The number of fused-ring (bicyclic) bond motifs is 2. The molecule has 1 aromatic rings. The molecular formula is C12H14N2O2. The SMILES string of the molecule is COc1cccc2c1N=C1[C@H](O)CCN1C2. The molecule has 3 rings (SSSR count). The second-order valence-electron chi connectivity index (χ2n) is 4.16. The van der Waals surface area contributed by atoms with Gasteiger partial charge in [-0.2, -0.15) is 0 Å². The van der Waals surface area contributed by atoms with Crippen molar-refractivity contribution in [2.45, 2.75) is 19.1 Å². The van der Waals surface area contributed by atoms with Gasteiger partial charge in [0.1, 0.15) is 23.4 Å². The fourth-order valence-corrected chi connectivity index (χ4v) is 2.34. The molecule has 2 heterocycles. The predicted octanol–water partition coefficient (Wildman–Crippen LogP) is 1.31. The summed E-state index contributed by atoms with van der Waals surface area (Å²) in [6.45, 7) is 1.71. The van der Waals surface area contributed by atoms with E-state index >= 15 is 0 Å². The number of amidine groups is 1. The van der Waals surface area contributed by atoms with E-state index in [1.165, 1.54) is 0 Å². The van der Waals surface area contributed by atoms with Gasteiger partial charge in [-0.25, -0.2) is 4.99 Å². The van der Waals surface area contributed by atoms with Gasteiger partial charge in [0.2, 0.25) is 0 Å². The maximum atomic E-state index is 9.80. The van der Waals surface area contributed by atoms with Gasteiger partial charge in [0.25, 0.3) is 0 Å². The molecule has 84 valence electrons. The number of hydrogen-bond donors (Lipinski definition) is 1. The zero-order valence-corrected chi connectivity index (χ0v) is 9.18. The third-order valence-corrected chi connectivity index (χ3v) is 3.18. The lowest BCUT2D eigenvalue weighted by Gasteiger charge is -2.26.